The van der Waals surface area contributed by atoms with Gasteiger partial charge in [-0.2, -0.15) is 0 Å². The lowest BCUT2D eigenvalue weighted by Gasteiger charge is -2.25. The molecule has 2 aliphatic rings. The number of rotatable bonds is 7. The number of hydrogen-bond donors (Lipinski definition) is 2. The minimum Gasteiger partial charge on any atom is -0.347 e. The summed E-state index contributed by atoms with van der Waals surface area (Å²) in [6.45, 7) is 5.41. The van der Waals surface area contributed by atoms with Crippen molar-refractivity contribution in [3.63, 3.8) is 0 Å². The van der Waals surface area contributed by atoms with E-state index >= 15 is 0 Å². The Balaban J connectivity index is 1.63. The van der Waals surface area contributed by atoms with Crippen LogP contribution in [0.3, 0.4) is 0 Å². The number of amides is 1. The first-order valence-corrected chi connectivity index (χ1v) is 15.8. The number of nitrogens with zero attached hydrogens (tertiary/aromatic N) is 1. The zero-order valence-electron chi connectivity index (χ0n) is 22.2. The molecule has 2 N–H and O–H groups in total. The van der Waals surface area contributed by atoms with Crippen LogP contribution in [-0.2, 0) is 10.0 Å². The van der Waals surface area contributed by atoms with Crippen molar-refractivity contribution in [2.45, 2.75) is 88.6 Å². The molecule has 0 bridgehead atoms. The third kappa shape index (κ3) is 5.55. The van der Waals surface area contributed by atoms with Crippen LogP contribution in [0, 0.1) is 5.92 Å². The zero-order chi connectivity index (χ0) is 27.1. The maximum atomic E-state index is 13.7. The van der Waals surface area contributed by atoms with Crippen LogP contribution in [0.25, 0.3) is 21.2 Å². The first-order valence-electron chi connectivity index (χ1n) is 13.5. The van der Waals surface area contributed by atoms with Crippen molar-refractivity contribution >= 4 is 43.8 Å². The summed E-state index contributed by atoms with van der Waals surface area (Å²) in [6, 6.07) is 10.8. The molecule has 0 radical (unpaired) electrons. The van der Waals surface area contributed by atoms with E-state index in [1.165, 1.54) is 11.3 Å². The second-order valence-electron chi connectivity index (χ2n) is 11.5. The van der Waals surface area contributed by atoms with Crippen molar-refractivity contribution in [3.05, 3.63) is 47.1 Å². The van der Waals surface area contributed by atoms with Gasteiger partial charge in [-0.15, -0.1) is 11.3 Å². The molecule has 2 aliphatic carbocycles. The van der Waals surface area contributed by atoms with E-state index in [-0.39, 0.29) is 33.6 Å². The Kier molecular flexibility index (Phi) is 7.46. The van der Waals surface area contributed by atoms with E-state index in [4.69, 9.17) is 0 Å². The number of benzene rings is 2. The van der Waals surface area contributed by atoms with Gasteiger partial charge in [0.15, 0.2) is 10.8 Å². The van der Waals surface area contributed by atoms with Gasteiger partial charge in [-0.25, -0.2) is 18.1 Å². The van der Waals surface area contributed by atoms with Crippen molar-refractivity contribution in [1.29, 1.82) is 0 Å². The highest BCUT2D eigenvalue weighted by Crippen LogP contribution is 2.40. The van der Waals surface area contributed by atoms with Crippen molar-refractivity contribution in [2.24, 2.45) is 5.92 Å². The highest BCUT2D eigenvalue weighted by molar-refractivity contribution is 7.89. The topological polar surface area (TPSA) is 105 Å². The quantitative estimate of drug-likeness (QED) is 0.345. The highest BCUT2D eigenvalue weighted by atomic mass is 32.2. The molecular formula is C29H35N3O4S2. The summed E-state index contributed by atoms with van der Waals surface area (Å²) in [7, 11) is -3.80. The summed E-state index contributed by atoms with van der Waals surface area (Å²) in [6.07, 6.45) is 7.84. The molecule has 0 atom stereocenters. The molecule has 2 fully saturated rings. The van der Waals surface area contributed by atoms with Gasteiger partial charge in [-0.05, 0) is 64.3 Å². The number of carbonyl (C=O) groups excluding carboxylic acids is 2. The molecule has 2 saturated carbocycles. The average Bonchev–Trinajstić information content (AvgIpc) is 3.29. The van der Waals surface area contributed by atoms with Gasteiger partial charge in [0.2, 0.25) is 10.0 Å². The lowest BCUT2D eigenvalue weighted by Crippen LogP contribution is -2.40. The first-order chi connectivity index (χ1) is 18.0. The summed E-state index contributed by atoms with van der Waals surface area (Å²) in [5.41, 5.74) is 0.405. The zero-order valence-corrected chi connectivity index (χ0v) is 23.8. The number of thiazole rings is 1. The van der Waals surface area contributed by atoms with Crippen LogP contribution >= 0.6 is 11.3 Å². The molecule has 38 heavy (non-hydrogen) atoms. The SMILES string of the molecule is CC(C)(C)NS(=O)(=O)c1ccc(-c2sc(C(=O)NC3CCC3)nc2C(=O)C2CCCCC2)c2ccccc12. The number of ketones is 1. The van der Waals surface area contributed by atoms with Crippen LogP contribution in [0.4, 0.5) is 0 Å². The second-order valence-corrected chi connectivity index (χ2v) is 14.2. The van der Waals surface area contributed by atoms with E-state index in [0.29, 0.717) is 21.3 Å². The van der Waals surface area contributed by atoms with Crippen LogP contribution in [0.2, 0.25) is 0 Å². The monoisotopic (exact) mass is 553 g/mol. The lowest BCUT2D eigenvalue weighted by atomic mass is 9.84. The Morgan fingerprint density at radius 3 is 2.24 bits per heavy atom. The average molecular weight is 554 g/mol. The predicted molar refractivity (Wildman–Crippen MR) is 151 cm³/mol. The van der Waals surface area contributed by atoms with Crippen molar-refractivity contribution in [1.82, 2.24) is 15.0 Å². The Bertz CT molecular complexity index is 1480. The Morgan fingerprint density at radius 1 is 0.921 bits per heavy atom. The van der Waals surface area contributed by atoms with Crippen molar-refractivity contribution < 1.29 is 18.0 Å². The lowest BCUT2D eigenvalue weighted by molar-refractivity contribution is 0.0885. The fourth-order valence-electron chi connectivity index (χ4n) is 5.29. The standard InChI is InChI=1S/C29H35N3O4S2/c1-29(2,3)32-38(35,36)23-17-16-22(20-14-7-8-15-21(20)23)26-24(25(33)18-10-5-4-6-11-18)31-28(37-26)27(34)30-19-12-9-13-19/h7-8,14-19,32H,4-6,9-13H2,1-3H3,(H,30,34). The molecule has 0 unspecified atom stereocenters. The fraction of sp³-hybridized carbons (Fsp3) is 0.483. The van der Waals surface area contributed by atoms with Gasteiger partial charge in [0.25, 0.3) is 5.91 Å². The molecule has 202 valence electrons. The molecule has 1 aromatic heterocycles. The molecule has 9 heteroatoms. The van der Waals surface area contributed by atoms with Gasteiger partial charge in [-0.1, -0.05) is 49.6 Å². The molecular weight excluding hydrogens is 518 g/mol. The molecule has 1 amide bonds. The van der Waals surface area contributed by atoms with Crippen LogP contribution in [-0.4, -0.2) is 36.7 Å². The number of sulfonamides is 1. The van der Waals surface area contributed by atoms with E-state index in [1.54, 1.807) is 45.0 Å². The minimum absolute atomic E-state index is 0.0196. The molecule has 0 spiro atoms. The Morgan fingerprint density at radius 2 is 1.61 bits per heavy atom. The van der Waals surface area contributed by atoms with E-state index in [0.717, 1.165) is 56.9 Å². The maximum Gasteiger partial charge on any atom is 0.280 e. The summed E-state index contributed by atoms with van der Waals surface area (Å²) in [5.74, 6) is -0.371. The third-order valence-electron chi connectivity index (χ3n) is 7.33. The largest absolute Gasteiger partial charge is 0.347 e. The molecule has 0 aliphatic heterocycles. The summed E-state index contributed by atoms with van der Waals surface area (Å²) in [4.78, 5) is 32.2. The Hall–Kier alpha value is -2.62. The predicted octanol–water partition coefficient (Wildman–Crippen LogP) is 6.09. The van der Waals surface area contributed by atoms with E-state index in [1.807, 2.05) is 12.1 Å². The molecule has 0 saturated heterocycles. The van der Waals surface area contributed by atoms with Gasteiger partial charge in [-0.3, -0.25) is 9.59 Å². The summed E-state index contributed by atoms with van der Waals surface area (Å²) >= 11 is 1.22. The number of nitrogens with one attached hydrogen (secondary N) is 2. The van der Waals surface area contributed by atoms with Crippen molar-refractivity contribution in [3.8, 4) is 10.4 Å². The second kappa shape index (κ2) is 10.5. The van der Waals surface area contributed by atoms with E-state index in [9.17, 15) is 18.0 Å². The maximum absolute atomic E-state index is 13.7. The minimum atomic E-state index is -3.80. The third-order valence-corrected chi connectivity index (χ3v) is 10.2. The number of Topliss-reactive ketones (excluding diaryl/α,β-unsaturated/α-hetero) is 1. The first kappa shape index (κ1) is 27.0. The van der Waals surface area contributed by atoms with E-state index in [2.05, 4.69) is 15.0 Å². The van der Waals surface area contributed by atoms with E-state index < -0.39 is 15.6 Å². The van der Waals surface area contributed by atoms with Gasteiger partial charge in [0.1, 0.15) is 5.69 Å². The van der Waals surface area contributed by atoms with Gasteiger partial charge in [0.05, 0.1) is 9.77 Å². The number of aromatic nitrogens is 1. The highest BCUT2D eigenvalue weighted by Gasteiger charge is 2.32. The normalized spacial score (nSPS) is 17.3. The molecule has 1 heterocycles. The molecule has 3 aromatic rings. The van der Waals surface area contributed by atoms with Crippen molar-refractivity contribution in [2.75, 3.05) is 0 Å². The van der Waals surface area contributed by atoms with Crippen LogP contribution in [0.1, 0.15) is 92.4 Å². The number of hydrogen-bond acceptors (Lipinski definition) is 6. The molecule has 2 aromatic carbocycles. The fourth-order valence-corrected chi connectivity index (χ4v) is 7.93. The molecule has 5 rings (SSSR count). The summed E-state index contributed by atoms with van der Waals surface area (Å²) in [5, 5.41) is 4.59. The number of carbonyl (C=O) groups is 2. The van der Waals surface area contributed by atoms with Crippen LogP contribution < -0.4 is 10.0 Å². The number of fused-ring (bicyclic) bond motifs is 1. The Labute approximate surface area is 228 Å². The van der Waals surface area contributed by atoms with Gasteiger partial charge >= 0.3 is 0 Å². The smallest absolute Gasteiger partial charge is 0.280 e. The van der Waals surface area contributed by atoms with Crippen LogP contribution in [0.5, 0.6) is 0 Å². The van der Waals surface area contributed by atoms with Crippen LogP contribution in [0.15, 0.2) is 41.3 Å². The van der Waals surface area contributed by atoms with Gasteiger partial charge < -0.3 is 5.32 Å². The van der Waals surface area contributed by atoms with Gasteiger partial charge in [0, 0.05) is 28.4 Å². The molecule has 7 nitrogen and oxygen atoms in total. The summed E-state index contributed by atoms with van der Waals surface area (Å²) < 4.78 is 29.3.